The molecule has 0 radical (unpaired) electrons. The maximum atomic E-state index is 6.28. The summed E-state index contributed by atoms with van der Waals surface area (Å²) in [4.78, 5) is 7.25. The first-order valence-electron chi connectivity index (χ1n) is 8.69. The molecule has 5 nitrogen and oxygen atoms in total. The smallest absolute Gasteiger partial charge is 0.157 e. The minimum atomic E-state index is 0.449. The van der Waals surface area contributed by atoms with Crippen LogP contribution in [0.4, 0.5) is 5.82 Å². The first-order valence-corrected chi connectivity index (χ1v) is 9.06. The summed E-state index contributed by atoms with van der Waals surface area (Å²) in [6, 6.07) is 12.0. The van der Waals surface area contributed by atoms with E-state index in [2.05, 4.69) is 16.1 Å². The molecule has 2 aromatic heterocycles. The summed E-state index contributed by atoms with van der Waals surface area (Å²) >= 11 is 6.28. The average Bonchev–Trinajstić information content (AvgIpc) is 2.99. The SMILES string of the molecule is Cc1cc2nc(C3CCN(Cc4ccccc4Cl)CC3)cc(N)n2n1. The van der Waals surface area contributed by atoms with Gasteiger partial charge in [0.15, 0.2) is 5.65 Å². The van der Waals surface area contributed by atoms with Crippen LogP contribution in [0.5, 0.6) is 0 Å². The molecule has 0 spiro atoms. The highest BCUT2D eigenvalue weighted by Crippen LogP contribution is 2.29. The number of aromatic nitrogens is 3. The van der Waals surface area contributed by atoms with Gasteiger partial charge >= 0.3 is 0 Å². The van der Waals surface area contributed by atoms with Gasteiger partial charge in [-0.25, -0.2) is 4.98 Å². The van der Waals surface area contributed by atoms with Crippen LogP contribution in [-0.4, -0.2) is 32.6 Å². The number of nitrogens with two attached hydrogens (primary N) is 1. The lowest BCUT2D eigenvalue weighted by molar-refractivity contribution is 0.203. The van der Waals surface area contributed by atoms with E-state index in [4.69, 9.17) is 22.3 Å². The highest BCUT2D eigenvalue weighted by atomic mass is 35.5. The zero-order chi connectivity index (χ0) is 17.4. The third-order valence-corrected chi connectivity index (χ3v) is 5.32. The van der Waals surface area contributed by atoms with Crippen molar-refractivity contribution < 1.29 is 0 Å². The van der Waals surface area contributed by atoms with Gasteiger partial charge in [-0.3, -0.25) is 4.90 Å². The van der Waals surface area contributed by atoms with Crippen molar-refractivity contribution in [3.05, 3.63) is 58.4 Å². The van der Waals surface area contributed by atoms with Crippen molar-refractivity contribution >= 4 is 23.1 Å². The van der Waals surface area contributed by atoms with Crippen molar-refractivity contribution in [3.63, 3.8) is 0 Å². The third kappa shape index (κ3) is 3.34. The summed E-state index contributed by atoms with van der Waals surface area (Å²) in [6.45, 7) is 4.95. The zero-order valence-corrected chi connectivity index (χ0v) is 15.1. The van der Waals surface area contributed by atoms with Crippen LogP contribution in [0.15, 0.2) is 36.4 Å². The molecule has 0 bridgehead atoms. The van der Waals surface area contributed by atoms with Gasteiger partial charge in [0.05, 0.1) is 5.69 Å². The topological polar surface area (TPSA) is 59.5 Å². The fourth-order valence-electron chi connectivity index (χ4n) is 3.60. The van der Waals surface area contributed by atoms with E-state index in [0.717, 1.165) is 54.5 Å². The Labute approximate surface area is 152 Å². The Morgan fingerprint density at radius 1 is 1.20 bits per heavy atom. The molecule has 0 unspecified atom stereocenters. The second-order valence-corrected chi connectivity index (χ2v) is 7.21. The summed E-state index contributed by atoms with van der Waals surface area (Å²) in [5.74, 6) is 1.11. The molecule has 1 aliphatic heterocycles. The minimum absolute atomic E-state index is 0.449. The molecule has 1 saturated heterocycles. The number of nitrogens with zero attached hydrogens (tertiary/aromatic N) is 4. The summed E-state index contributed by atoms with van der Waals surface area (Å²) in [7, 11) is 0. The molecular weight excluding hydrogens is 334 g/mol. The van der Waals surface area contributed by atoms with Gasteiger partial charge in [0.2, 0.25) is 0 Å². The number of hydrogen-bond acceptors (Lipinski definition) is 4. The Morgan fingerprint density at radius 3 is 2.72 bits per heavy atom. The molecule has 25 heavy (non-hydrogen) atoms. The van der Waals surface area contributed by atoms with Crippen LogP contribution in [0.1, 0.15) is 35.7 Å². The Kier molecular flexibility index (Phi) is 4.36. The van der Waals surface area contributed by atoms with E-state index < -0.39 is 0 Å². The number of rotatable bonds is 3. The van der Waals surface area contributed by atoms with E-state index in [1.165, 1.54) is 5.56 Å². The van der Waals surface area contributed by atoms with Crippen molar-refractivity contribution in [2.45, 2.75) is 32.2 Å². The molecule has 130 valence electrons. The summed E-state index contributed by atoms with van der Waals surface area (Å²) in [5.41, 5.74) is 10.2. The van der Waals surface area contributed by atoms with Gasteiger partial charge in [0.25, 0.3) is 0 Å². The maximum Gasteiger partial charge on any atom is 0.157 e. The molecule has 2 N–H and O–H groups in total. The normalized spacial score (nSPS) is 16.6. The van der Waals surface area contributed by atoms with Gasteiger partial charge in [-0.05, 0) is 44.5 Å². The van der Waals surface area contributed by atoms with Crippen LogP contribution in [0.2, 0.25) is 5.02 Å². The molecular formula is C19H22ClN5. The molecule has 0 saturated carbocycles. The van der Waals surface area contributed by atoms with E-state index in [9.17, 15) is 0 Å². The number of benzene rings is 1. The molecule has 3 aromatic rings. The molecule has 6 heteroatoms. The maximum absolute atomic E-state index is 6.28. The third-order valence-electron chi connectivity index (χ3n) is 4.95. The summed E-state index contributed by atoms with van der Waals surface area (Å²) < 4.78 is 1.71. The van der Waals surface area contributed by atoms with Crippen molar-refractivity contribution in [3.8, 4) is 0 Å². The van der Waals surface area contributed by atoms with Crippen molar-refractivity contribution in [2.75, 3.05) is 18.8 Å². The lowest BCUT2D eigenvalue weighted by Gasteiger charge is -2.32. The molecule has 0 amide bonds. The standard InChI is InChI=1S/C19H22ClN5/c1-13-10-19-22-17(11-18(21)25(19)23-13)14-6-8-24(9-7-14)12-15-4-2-3-5-16(15)20/h2-5,10-11,14H,6-9,12,21H2,1H3. The number of piperidine rings is 1. The summed E-state index contributed by atoms with van der Waals surface area (Å²) in [5, 5.41) is 5.22. The molecule has 3 heterocycles. The van der Waals surface area contributed by atoms with Crippen LogP contribution in [0.25, 0.3) is 5.65 Å². The number of aryl methyl sites for hydroxylation is 1. The highest BCUT2D eigenvalue weighted by Gasteiger charge is 2.23. The number of likely N-dealkylation sites (tertiary alicyclic amines) is 1. The molecule has 1 aliphatic rings. The van der Waals surface area contributed by atoms with E-state index >= 15 is 0 Å². The van der Waals surface area contributed by atoms with Crippen molar-refractivity contribution in [1.29, 1.82) is 0 Å². The van der Waals surface area contributed by atoms with Gasteiger partial charge in [-0.1, -0.05) is 29.8 Å². The second-order valence-electron chi connectivity index (χ2n) is 6.80. The molecule has 4 rings (SSSR count). The quantitative estimate of drug-likeness (QED) is 0.779. The lowest BCUT2D eigenvalue weighted by Crippen LogP contribution is -2.32. The predicted molar refractivity (Wildman–Crippen MR) is 101 cm³/mol. The number of fused-ring (bicyclic) bond motifs is 1. The Morgan fingerprint density at radius 2 is 1.96 bits per heavy atom. The van der Waals surface area contributed by atoms with Crippen LogP contribution >= 0.6 is 11.6 Å². The fraction of sp³-hybridized carbons (Fsp3) is 0.368. The van der Waals surface area contributed by atoms with E-state index in [1.54, 1.807) is 4.52 Å². The number of anilines is 1. The van der Waals surface area contributed by atoms with Crippen LogP contribution < -0.4 is 5.73 Å². The second kappa shape index (κ2) is 6.65. The summed E-state index contributed by atoms with van der Waals surface area (Å²) in [6.07, 6.45) is 2.17. The molecule has 1 fully saturated rings. The van der Waals surface area contributed by atoms with Gasteiger partial charge < -0.3 is 5.73 Å². The monoisotopic (exact) mass is 355 g/mol. The average molecular weight is 356 g/mol. The van der Waals surface area contributed by atoms with Crippen molar-refractivity contribution in [1.82, 2.24) is 19.5 Å². The van der Waals surface area contributed by atoms with Crippen LogP contribution in [0.3, 0.4) is 0 Å². The van der Waals surface area contributed by atoms with Gasteiger partial charge in [0, 0.05) is 35.3 Å². The number of nitrogen functional groups attached to an aromatic ring is 1. The molecule has 0 atom stereocenters. The number of hydrogen-bond donors (Lipinski definition) is 1. The Hall–Kier alpha value is -2.11. The van der Waals surface area contributed by atoms with Gasteiger partial charge in [-0.15, -0.1) is 0 Å². The fourth-order valence-corrected chi connectivity index (χ4v) is 3.79. The van der Waals surface area contributed by atoms with E-state index in [1.807, 2.05) is 37.3 Å². The Balaban J connectivity index is 1.46. The van der Waals surface area contributed by atoms with E-state index in [-0.39, 0.29) is 0 Å². The first kappa shape index (κ1) is 16.4. The predicted octanol–water partition coefficient (Wildman–Crippen LogP) is 3.65. The van der Waals surface area contributed by atoms with Crippen molar-refractivity contribution in [2.24, 2.45) is 0 Å². The minimum Gasteiger partial charge on any atom is -0.384 e. The first-order chi connectivity index (χ1) is 12.1. The number of halogens is 1. The van der Waals surface area contributed by atoms with Crippen LogP contribution in [-0.2, 0) is 6.54 Å². The largest absolute Gasteiger partial charge is 0.384 e. The van der Waals surface area contributed by atoms with Gasteiger partial charge in [0.1, 0.15) is 5.82 Å². The van der Waals surface area contributed by atoms with Crippen LogP contribution in [0, 0.1) is 6.92 Å². The molecule has 0 aliphatic carbocycles. The lowest BCUT2D eigenvalue weighted by atomic mass is 9.93. The highest BCUT2D eigenvalue weighted by molar-refractivity contribution is 6.31. The Bertz CT molecular complexity index is 896. The zero-order valence-electron chi connectivity index (χ0n) is 14.3. The molecule has 1 aromatic carbocycles. The van der Waals surface area contributed by atoms with E-state index in [0.29, 0.717) is 11.7 Å². The van der Waals surface area contributed by atoms with Gasteiger partial charge in [-0.2, -0.15) is 9.61 Å².